The maximum Gasteiger partial charge on any atom is 0.353 e. The second kappa shape index (κ2) is 3.88. The molecule has 6 nitrogen and oxygen atoms in total. The second-order valence-electron chi connectivity index (χ2n) is 4.33. The van der Waals surface area contributed by atoms with E-state index in [-0.39, 0.29) is 11.4 Å². The molecule has 0 atom stereocenters. The molecule has 3 rings (SSSR count). The first-order chi connectivity index (χ1) is 9.06. The number of aromatic amines is 1. The standard InChI is InChI=1S/C13H11N3O3/c1-16-6-9(8-3-2-7(17)4-12(8)16)10-5-11(13(18)19)15-14-10/h2-6,17H,1H3,(H,14,15)(H,18,19). The molecule has 3 N–H and O–H groups in total. The number of phenolic OH excluding ortho intramolecular Hbond substituents is 1. The van der Waals surface area contributed by atoms with Gasteiger partial charge in [-0.05, 0) is 18.2 Å². The third-order valence-electron chi connectivity index (χ3n) is 3.06. The zero-order valence-electron chi connectivity index (χ0n) is 10.1. The number of nitrogens with one attached hydrogen (secondary N) is 1. The SMILES string of the molecule is Cn1cc(-c2cc(C(=O)O)[nH]n2)c2ccc(O)cc21. The van der Waals surface area contributed by atoms with Gasteiger partial charge in [-0.25, -0.2) is 4.79 Å². The first kappa shape index (κ1) is 11.3. The lowest BCUT2D eigenvalue weighted by atomic mass is 10.1. The van der Waals surface area contributed by atoms with Crippen LogP contribution in [0, 0.1) is 0 Å². The van der Waals surface area contributed by atoms with Gasteiger partial charge < -0.3 is 14.8 Å². The Bertz CT molecular complexity index is 786. The molecule has 0 bridgehead atoms. The number of hydrogen-bond donors (Lipinski definition) is 3. The van der Waals surface area contributed by atoms with Crippen LogP contribution in [0.3, 0.4) is 0 Å². The molecule has 0 unspecified atom stereocenters. The summed E-state index contributed by atoms with van der Waals surface area (Å²) in [7, 11) is 1.86. The Kier molecular flexibility index (Phi) is 2.31. The Hall–Kier alpha value is -2.76. The van der Waals surface area contributed by atoms with Crippen LogP contribution in [0.5, 0.6) is 5.75 Å². The summed E-state index contributed by atoms with van der Waals surface area (Å²) in [6, 6.07) is 6.53. The number of carbonyl (C=O) groups is 1. The molecule has 0 amide bonds. The number of aromatic carboxylic acids is 1. The second-order valence-corrected chi connectivity index (χ2v) is 4.33. The molecular weight excluding hydrogens is 246 g/mol. The maximum atomic E-state index is 10.8. The van der Waals surface area contributed by atoms with E-state index in [1.165, 1.54) is 6.07 Å². The summed E-state index contributed by atoms with van der Waals surface area (Å²) >= 11 is 0. The molecule has 0 aliphatic heterocycles. The monoisotopic (exact) mass is 257 g/mol. The number of fused-ring (bicyclic) bond motifs is 1. The highest BCUT2D eigenvalue weighted by Crippen LogP contribution is 2.31. The Morgan fingerprint density at radius 1 is 1.37 bits per heavy atom. The number of carboxylic acid groups (broad SMARTS) is 1. The van der Waals surface area contributed by atoms with Crippen molar-refractivity contribution in [2.75, 3.05) is 0 Å². The molecule has 1 aromatic carbocycles. The lowest BCUT2D eigenvalue weighted by Crippen LogP contribution is -1.95. The van der Waals surface area contributed by atoms with Crippen molar-refractivity contribution in [3.63, 3.8) is 0 Å². The van der Waals surface area contributed by atoms with Crippen molar-refractivity contribution in [2.45, 2.75) is 0 Å². The molecule has 96 valence electrons. The fourth-order valence-electron chi connectivity index (χ4n) is 2.15. The quantitative estimate of drug-likeness (QED) is 0.654. The lowest BCUT2D eigenvalue weighted by Gasteiger charge is -1.96. The van der Waals surface area contributed by atoms with E-state index in [0.717, 1.165) is 16.5 Å². The molecule has 0 aliphatic rings. The molecule has 0 spiro atoms. The first-order valence-corrected chi connectivity index (χ1v) is 5.63. The Labute approximate surface area is 107 Å². The van der Waals surface area contributed by atoms with Crippen LogP contribution < -0.4 is 0 Å². The Morgan fingerprint density at radius 3 is 2.84 bits per heavy atom. The van der Waals surface area contributed by atoms with E-state index in [4.69, 9.17) is 5.11 Å². The average molecular weight is 257 g/mol. The number of nitrogens with zero attached hydrogens (tertiary/aromatic N) is 2. The highest BCUT2D eigenvalue weighted by Gasteiger charge is 2.14. The first-order valence-electron chi connectivity index (χ1n) is 5.63. The van der Waals surface area contributed by atoms with E-state index in [2.05, 4.69) is 10.2 Å². The summed E-state index contributed by atoms with van der Waals surface area (Å²) in [5.74, 6) is -0.856. The van der Waals surface area contributed by atoms with Gasteiger partial charge in [0, 0.05) is 30.3 Å². The third kappa shape index (κ3) is 1.74. The highest BCUT2D eigenvalue weighted by atomic mass is 16.4. The third-order valence-corrected chi connectivity index (χ3v) is 3.06. The molecule has 0 aliphatic carbocycles. The number of aryl methyl sites for hydroxylation is 1. The van der Waals surface area contributed by atoms with Crippen LogP contribution in [0.4, 0.5) is 0 Å². The smallest absolute Gasteiger partial charge is 0.353 e. The lowest BCUT2D eigenvalue weighted by molar-refractivity contribution is 0.0690. The van der Waals surface area contributed by atoms with E-state index >= 15 is 0 Å². The zero-order valence-corrected chi connectivity index (χ0v) is 10.1. The van der Waals surface area contributed by atoms with Gasteiger partial charge in [0.15, 0.2) is 0 Å². The number of aromatic hydroxyl groups is 1. The molecule has 19 heavy (non-hydrogen) atoms. The summed E-state index contributed by atoms with van der Waals surface area (Å²) in [5.41, 5.74) is 2.29. The molecule has 0 saturated carbocycles. The van der Waals surface area contributed by atoms with Gasteiger partial charge in [-0.1, -0.05) is 0 Å². The van der Waals surface area contributed by atoms with Gasteiger partial charge in [-0.3, -0.25) is 5.10 Å². The Balaban J connectivity index is 2.22. The number of benzene rings is 1. The predicted molar refractivity (Wildman–Crippen MR) is 69.1 cm³/mol. The number of hydrogen-bond acceptors (Lipinski definition) is 3. The maximum absolute atomic E-state index is 10.8. The molecule has 0 saturated heterocycles. The van der Waals surface area contributed by atoms with Gasteiger partial charge >= 0.3 is 5.97 Å². The van der Waals surface area contributed by atoms with E-state index in [1.807, 2.05) is 17.8 Å². The van der Waals surface area contributed by atoms with Crippen LogP contribution in [0.15, 0.2) is 30.5 Å². The van der Waals surface area contributed by atoms with Crippen LogP contribution >= 0.6 is 0 Å². The van der Waals surface area contributed by atoms with Crippen molar-refractivity contribution in [2.24, 2.45) is 7.05 Å². The minimum absolute atomic E-state index is 0.0470. The molecule has 3 aromatic rings. The fraction of sp³-hybridized carbons (Fsp3) is 0.0769. The van der Waals surface area contributed by atoms with Gasteiger partial charge in [-0.15, -0.1) is 0 Å². The summed E-state index contributed by atoms with van der Waals surface area (Å²) in [6.45, 7) is 0. The molecule has 2 aromatic heterocycles. The van der Waals surface area contributed by atoms with Crippen molar-refractivity contribution in [1.29, 1.82) is 0 Å². The highest BCUT2D eigenvalue weighted by molar-refractivity contribution is 5.97. The number of phenols is 1. The van der Waals surface area contributed by atoms with Crippen LogP contribution in [-0.2, 0) is 7.05 Å². The van der Waals surface area contributed by atoms with Gasteiger partial charge in [0.25, 0.3) is 0 Å². The summed E-state index contributed by atoms with van der Waals surface area (Å²) < 4.78 is 1.86. The van der Waals surface area contributed by atoms with E-state index in [9.17, 15) is 9.90 Å². The van der Waals surface area contributed by atoms with Crippen molar-refractivity contribution in [3.8, 4) is 17.0 Å². The molecule has 2 heterocycles. The predicted octanol–water partition coefficient (Wildman–Crippen LogP) is 1.97. The molecule has 0 radical (unpaired) electrons. The van der Waals surface area contributed by atoms with Gasteiger partial charge in [-0.2, -0.15) is 5.10 Å². The van der Waals surface area contributed by atoms with Crippen molar-refractivity contribution in [1.82, 2.24) is 14.8 Å². The van der Waals surface area contributed by atoms with Gasteiger partial charge in [0.1, 0.15) is 11.4 Å². The van der Waals surface area contributed by atoms with Crippen LogP contribution in [0.2, 0.25) is 0 Å². The molecule has 6 heteroatoms. The van der Waals surface area contributed by atoms with Crippen LogP contribution in [0.1, 0.15) is 10.5 Å². The number of H-pyrrole nitrogens is 1. The number of carboxylic acids is 1. The summed E-state index contributed by atoms with van der Waals surface area (Å²) in [5, 5.41) is 25.8. The van der Waals surface area contributed by atoms with Gasteiger partial charge in [0.2, 0.25) is 0 Å². The van der Waals surface area contributed by atoms with E-state index in [0.29, 0.717) is 5.69 Å². The Morgan fingerprint density at radius 2 is 2.16 bits per heavy atom. The minimum atomic E-state index is -1.04. The molecular formula is C13H11N3O3. The van der Waals surface area contributed by atoms with Gasteiger partial charge in [0.05, 0.1) is 11.2 Å². The zero-order chi connectivity index (χ0) is 13.6. The largest absolute Gasteiger partial charge is 0.508 e. The minimum Gasteiger partial charge on any atom is -0.508 e. The summed E-state index contributed by atoms with van der Waals surface area (Å²) in [6.07, 6.45) is 1.85. The number of aromatic nitrogens is 3. The molecule has 0 fully saturated rings. The topological polar surface area (TPSA) is 91.1 Å². The average Bonchev–Trinajstić information content (AvgIpc) is 2.95. The van der Waals surface area contributed by atoms with Crippen LogP contribution in [0.25, 0.3) is 22.2 Å². The van der Waals surface area contributed by atoms with Crippen LogP contribution in [-0.4, -0.2) is 30.9 Å². The van der Waals surface area contributed by atoms with Crippen molar-refractivity contribution >= 4 is 16.9 Å². The summed E-state index contributed by atoms with van der Waals surface area (Å²) in [4.78, 5) is 10.8. The van der Waals surface area contributed by atoms with E-state index in [1.54, 1.807) is 18.2 Å². The normalized spacial score (nSPS) is 11.0. The van der Waals surface area contributed by atoms with E-state index < -0.39 is 5.97 Å². The fourth-order valence-corrected chi connectivity index (χ4v) is 2.15. The number of rotatable bonds is 2. The van der Waals surface area contributed by atoms with Crippen molar-refractivity contribution < 1.29 is 15.0 Å². The van der Waals surface area contributed by atoms with Crippen molar-refractivity contribution in [3.05, 3.63) is 36.2 Å².